The van der Waals surface area contributed by atoms with E-state index in [4.69, 9.17) is 0 Å². The molecule has 0 aliphatic heterocycles. The summed E-state index contributed by atoms with van der Waals surface area (Å²) in [6.07, 6.45) is 1.39. The Kier molecular flexibility index (Phi) is 5.88. The van der Waals surface area contributed by atoms with Crippen LogP contribution in [0.2, 0.25) is 0 Å². The Morgan fingerprint density at radius 3 is 2.33 bits per heavy atom. The van der Waals surface area contributed by atoms with Gasteiger partial charge < -0.3 is 5.32 Å². The van der Waals surface area contributed by atoms with Gasteiger partial charge in [0.1, 0.15) is 11.6 Å². The Labute approximate surface area is 132 Å². The number of nitrogens with one attached hydrogen (secondary N) is 1. The summed E-state index contributed by atoms with van der Waals surface area (Å²) in [5, 5.41) is 3.38. The van der Waals surface area contributed by atoms with Gasteiger partial charge in [0.2, 0.25) is 0 Å². The number of rotatable bonds is 6. The average Bonchev–Trinajstić information content (AvgIpc) is 2.40. The maximum atomic E-state index is 13.3. The van der Waals surface area contributed by atoms with Gasteiger partial charge in [0.05, 0.1) is 0 Å². The highest BCUT2D eigenvalue weighted by atomic mass is 79.9. The first-order valence-corrected chi connectivity index (χ1v) is 7.79. The van der Waals surface area contributed by atoms with Gasteiger partial charge in [0.25, 0.3) is 0 Å². The summed E-state index contributed by atoms with van der Waals surface area (Å²) in [6.45, 7) is 2.84. The fourth-order valence-corrected chi connectivity index (χ4v) is 2.89. The summed E-state index contributed by atoms with van der Waals surface area (Å²) in [5.41, 5.74) is 1.85. The van der Waals surface area contributed by atoms with E-state index >= 15 is 0 Å². The van der Waals surface area contributed by atoms with E-state index in [2.05, 4.69) is 27.3 Å². The average molecular weight is 354 g/mol. The molecule has 2 aromatic rings. The first kappa shape index (κ1) is 16.1. The molecule has 112 valence electrons. The van der Waals surface area contributed by atoms with Crippen molar-refractivity contribution in [2.45, 2.75) is 25.8 Å². The fraction of sp³-hybridized carbons (Fsp3) is 0.294. The quantitative estimate of drug-likeness (QED) is 0.806. The van der Waals surface area contributed by atoms with Gasteiger partial charge in [-0.25, -0.2) is 8.78 Å². The van der Waals surface area contributed by atoms with Crippen molar-refractivity contribution < 1.29 is 8.78 Å². The molecular formula is C17H18BrF2N. The minimum atomic E-state index is -0.527. The van der Waals surface area contributed by atoms with Crippen LogP contribution in [0.3, 0.4) is 0 Å². The maximum absolute atomic E-state index is 13.3. The van der Waals surface area contributed by atoms with Crippen LogP contribution in [0.5, 0.6) is 0 Å². The van der Waals surface area contributed by atoms with Gasteiger partial charge in [0, 0.05) is 16.6 Å². The molecule has 4 heteroatoms. The molecule has 0 amide bonds. The monoisotopic (exact) mass is 353 g/mol. The summed E-state index contributed by atoms with van der Waals surface area (Å²) in [4.78, 5) is 0. The molecule has 2 aromatic carbocycles. The van der Waals surface area contributed by atoms with Crippen LogP contribution in [0.15, 0.2) is 46.9 Å². The molecule has 1 N–H and O–H groups in total. The van der Waals surface area contributed by atoms with Crippen molar-refractivity contribution >= 4 is 15.9 Å². The normalized spacial score (nSPS) is 12.4. The second-order valence-corrected chi connectivity index (χ2v) is 5.89. The third kappa shape index (κ3) is 4.90. The molecule has 0 saturated heterocycles. The van der Waals surface area contributed by atoms with Crippen LogP contribution in [0.25, 0.3) is 0 Å². The Hall–Kier alpha value is -1.26. The lowest BCUT2D eigenvalue weighted by Gasteiger charge is -2.19. The van der Waals surface area contributed by atoms with E-state index in [0.717, 1.165) is 23.5 Å². The minimum absolute atomic E-state index is 0.134. The first-order valence-electron chi connectivity index (χ1n) is 7.00. The molecule has 21 heavy (non-hydrogen) atoms. The van der Waals surface area contributed by atoms with Crippen LogP contribution in [0.4, 0.5) is 8.78 Å². The molecule has 0 saturated carbocycles. The Morgan fingerprint density at radius 1 is 1.05 bits per heavy atom. The van der Waals surface area contributed by atoms with E-state index in [0.29, 0.717) is 12.0 Å². The Bertz CT molecular complexity index is 581. The molecule has 0 fully saturated rings. The minimum Gasteiger partial charge on any atom is -0.314 e. The van der Waals surface area contributed by atoms with Crippen molar-refractivity contribution in [2.24, 2.45) is 0 Å². The van der Waals surface area contributed by atoms with Gasteiger partial charge in [-0.2, -0.15) is 0 Å². The smallest absolute Gasteiger partial charge is 0.126 e. The summed E-state index contributed by atoms with van der Waals surface area (Å²) in [6, 6.07) is 11.8. The number of likely N-dealkylation sites (N-methyl/N-ethyl adjacent to an activating group) is 1. The predicted octanol–water partition coefficient (Wildman–Crippen LogP) is 4.49. The lowest BCUT2D eigenvalue weighted by Crippen LogP contribution is -2.33. The summed E-state index contributed by atoms with van der Waals surface area (Å²) in [5.74, 6) is -1.05. The molecular weight excluding hydrogens is 336 g/mol. The lowest BCUT2D eigenvalue weighted by atomic mass is 9.98. The highest BCUT2D eigenvalue weighted by Crippen LogP contribution is 2.19. The van der Waals surface area contributed by atoms with E-state index in [-0.39, 0.29) is 6.04 Å². The van der Waals surface area contributed by atoms with Crippen molar-refractivity contribution in [3.05, 3.63) is 69.7 Å². The highest BCUT2D eigenvalue weighted by Gasteiger charge is 2.12. The van der Waals surface area contributed by atoms with Crippen LogP contribution in [-0.2, 0) is 12.8 Å². The number of hydrogen-bond acceptors (Lipinski definition) is 1. The molecule has 0 aliphatic rings. The molecule has 0 heterocycles. The zero-order valence-corrected chi connectivity index (χ0v) is 13.5. The van der Waals surface area contributed by atoms with Crippen molar-refractivity contribution in [3.63, 3.8) is 0 Å². The maximum Gasteiger partial charge on any atom is 0.126 e. The third-order valence-corrected chi connectivity index (χ3v) is 4.10. The van der Waals surface area contributed by atoms with E-state index in [1.54, 1.807) is 0 Å². The van der Waals surface area contributed by atoms with Crippen LogP contribution >= 0.6 is 15.9 Å². The highest BCUT2D eigenvalue weighted by molar-refractivity contribution is 9.10. The van der Waals surface area contributed by atoms with Crippen molar-refractivity contribution in [1.29, 1.82) is 0 Å². The topological polar surface area (TPSA) is 12.0 Å². The second kappa shape index (κ2) is 7.66. The van der Waals surface area contributed by atoms with E-state index in [9.17, 15) is 8.78 Å². The Balaban J connectivity index is 2.13. The largest absolute Gasteiger partial charge is 0.314 e. The van der Waals surface area contributed by atoms with Crippen molar-refractivity contribution in [3.8, 4) is 0 Å². The number of halogens is 3. The third-order valence-electron chi connectivity index (χ3n) is 3.32. The molecule has 0 radical (unpaired) electrons. The number of benzene rings is 2. The molecule has 1 unspecified atom stereocenters. The summed E-state index contributed by atoms with van der Waals surface area (Å²) >= 11 is 3.54. The molecule has 0 bridgehead atoms. The van der Waals surface area contributed by atoms with E-state index in [1.807, 2.05) is 25.1 Å². The van der Waals surface area contributed by atoms with Gasteiger partial charge in [0.15, 0.2) is 0 Å². The molecule has 1 atom stereocenters. The van der Waals surface area contributed by atoms with Crippen LogP contribution in [0, 0.1) is 11.6 Å². The molecule has 2 rings (SSSR count). The van der Waals surface area contributed by atoms with E-state index in [1.165, 1.54) is 17.7 Å². The standard InChI is InChI=1S/C17H18BrF2N/c1-2-21-16(10-13-5-3-4-6-17(13)18)9-12-7-14(19)11-15(20)8-12/h3-8,11,16,21H,2,9-10H2,1H3. The van der Waals surface area contributed by atoms with Gasteiger partial charge in [-0.05, 0) is 48.7 Å². The van der Waals surface area contributed by atoms with Crippen molar-refractivity contribution in [2.75, 3.05) is 6.54 Å². The van der Waals surface area contributed by atoms with Gasteiger partial charge in [-0.15, -0.1) is 0 Å². The fourth-order valence-electron chi connectivity index (χ4n) is 2.45. The van der Waals surface area contributed by atoms with E-state index < -0.39 is 11.6 Å². The Morgan fingerprint density at radius 2 is 1.71 bits per heavy atom. The molecule has 0 spiro atoms. The van der Waals surface area contributed by atoms with Crippen LogP contribution in [-0.4, -0.2) is 12.6 Å². The zero-order valence-electron chi connectivity index (χ0n) is 11.9. The van der Waals surface area contributed by atoms with Gasteiger partial charge in [-0.1, -0.05) is 41.1 Å². The van der Waals surface area contributed by atoms with Crippen molar-refractivity contribution in [1.82, 2.24) is 5.32 Å². The second-order valence-electron chi connectivity index (χ2n) is 5.03. The lowest BCUT2D eigenvalue weighted by molar-refractivity contribution is 0.515. The molecule has 1 nitrogen and oxygen atoms in total. The van der Waals surface area contributed by atoms with Gasteiger partial charge in [-0.3, -0.25) is 0 Å². The summed E-state index contributed by atoms with van der Waals surface area (Å²) < 4.78 is 27.6. The van der Waals surface area contributed by atoms with Crippen LogP contribution < -0.4 is 5.32 Å². The SMILES string of the molecule is CCNC(Cc1cc(F)cc(F)c1)Cc1ccccc1Br. The zero-order chi connectivity index (χ0) is 15.2. The molecule has 0 aliphatic carbocycles. The summed E-state index contributed by atoms with van der Waals surface area (Å²) in [7, 11) is 0. The first-order chi connectivity index (χ1) is 10.1. The molecule has 0 aromatic heterocycles. The van der Waals surface area contributed by atoms with Gasteiger partial charge >= 0.3 is 0 Å². The predicted molar refractivity (Wildman–Crippen MR) is 85.4 cm³/mol. The number of hydrogen-bond donors (Lipinski definition) is 1. The van der Waals surface area contributed by atoms with Crippen LogP contribution in [0.1, 0.15) is 18.1 Å².